The van der Waals surface area contributed by atoms with E-state index in [0.29, 0.717) is 12.8 Å². The summed E-state index contributed by atoms with van der Waals surface area (Å²) in [5.74, 6) is -0.285. The average Bonchev–Trinajstić information content (AvgIpc) is 2.00. The van der Waals surface area contributed by atoms with Gasteiger partial charge >= 0.3 is 0 Å². The van der Waals surface area contributed by atoms with Crippen LogP contribution in [0.4, 0.5) is 0 Å². The molecule has 0 aliphatic heterocycles. The average molecular weight is 207 g/mol. The van der Waals surface area contributed by atoms with E-state index in [-0.39, 0.29) is 11.3 Å². The van der Waals surface area contributed by atoms with E-state index in [1.165, 1.54) is 5.57 Å². The van der Waals surface area contributed by atoms with Gasteiger partial charge in [-0.1, -0.05) is 32.4 Å². The first-order valence-electron chi connectivity index (χ1n) is 5.63. The molecule has 2 atom stereocenters. The van der Waals surface area contributed by atoms with E-state index < -0.39 is 5.60 Å². The molecule has 1 aliphatic rings. The molecule has 0 aromatic rings. The first-order chi connectivity index (χ1) is 6.83. The second kappa shape index (κ2) is 3.98. The van der Waals surface area contributed by atoms with Gasteiger partial charge in [0.15, 0.2) is 0 Å². The Kier molecular flexibility index (Phi) is 3.25. The summed E-state index contributed by atoms with van der Waals surface area (Å²) < 4.78 is 0. The molecular weight excluding hydrogens is 186 g/mol. The Morgan fingerprint density at radius 3 is 2.60 bits per heavy atom. The van der Waals surface area contributed by atoms with Crippen molar-refractivity contribution in [3.63, 3.8) is 0 Å². The number of nitriles is 1. The van der Waals surface area contributed by atoms with Crippen molar-refractivity contribution in [2.45, 2.75) is 52.6 Å². The summed E-state index contributed by atoms with van der Waals surface area (Å²) in [6.45, 7) is 8.30. The van der Waals surface area contributed by atoms with Crippen molar-refractivity contribution in [1.29, 1.82) is 5.26 Å². The molecule has 0 saturated heterocycles. The van der Waals surface area contributed by atoms with Crippen LogP contribution in [-0.2, 0) is 0 Å². The maximum atomic E-state index is 10.5. The molecule has 0 heterocycles. The van der Waals surface area contributed by atoms with Gasteiger partial charge in [0.1, 0.15) is 0 Å². The van der Waals surface area contributed by atoms with Crippen LogP contribution in [0.15, 0.2) is 11.6 Å². The third-order valence-electron chi connectivity index (χ3n) is 3.18. The van der Waals surface area contributed by atoms with Crippen LogP contribution in [0.25, 0.3) is 0 Å². The second-order valence-electron chi connectivity index (χ2n) is 5.59. The number of nitrogens with zero attached hydrogens (tertiary/aromatic N) is 1. The van der Waals surface area contributed by atoms with Crippen LogP contribution in [0, 0.1) is 22.7 Å². The molecule has 1 aliphatic carbocycles. The van der Waals surface area contributed by atoms with Crippen molar-refractivity contribution in [3.05, 3.63) is 11.6 Å². The van der Waals surface area contributed by atoms with E-state index in [2.05, 4.69) is 19.9 Å². The van der Waals surface area contributed by atoms with Gasteiger partial charge in [0, 0.05) is 0 Å². The van der Waals surface area contributed by atoms with Gasteiger partial charge in [-0.15, -0.1) is 0 Å². The highest BCUT2D eigenvalue weighted by molar-refractivity contribution is 5.21. The molecule has 0 saturated carbocycles. The lowest BCUT2D eigenvalue weighted by Gasteiger charge is -2.41. The molecular formula is C13H21NO. The highest BCUT2D eigenvalue weighted by atomic mass is 16.3. The van der Waals surface area contributed by atoms with Gasteiger partial charge in [-0.3, -0.25) is 0 Å². The molecule has 2 nitrogen and oxygen atoms in total. The number of rotatable bonds is 2. The monoisotopic (exact) mass is 207 g/mol. The molecule has 2 unspecified atom stereocenters. The van der Waals surface area contributed by atoms with Crippen LogP contribution < -0.4 is 0 Å². The van der Waals surface area contributed by atoms with Crippen LogP contribution >= 0.6 is 0 Å². The number of aliphatic hydroxyl groups is 1. The van der Waals surface area contributed by atoms with Crippen LogP contribution in [0.5, 0.6) is 0 Å². The molecule has 2 heteroatoms. The predicted molar refractivity (Wildman–Crippen MR) is 61.1 cm³/mol. The molecule has 0 bridgehead atoms. The Hall–Kier alpha value is -0.810. The first-order valence-corrected chi connectivity index (χ1v) is 5.63. The molecule has 0 aromatic carbocycles. The Morgan fingerprint density at radius 2 is 2.20 bits per heavy atom. The summed E-state index contributed by atoms with van der Waals surface area (Å²) in [6.07, 6.45) is 4.29. The Bertz CT molecular complexity index is 311. The molecule has 84 valence electrons. The minimum atomic E-state index is -0.921. The normalized spacial score (nSPS) is 31.6. The zero-order valence-corrected chi connectivity index (χ0v) is 10.2. The van der Waals surface area contributed by atoms with Crippen molar-refractivity contribution in [1.82, 2.24) is 0 Å². The third kappa shape index (κ3) is 2.60. The summed E-state index contributed by atoms with van der Waals surface area (Å²) in [7, 11) is 0. The van der Waals surface area contributed by atoms with Gasteiger partial charge in [-0.2, -0.15) is 5.26 Å². The summed E-state index contributed by atoms with van der Waals surface area (Å²) in [5, 5.41) is 19.6. The molecule has 15 heavy (non-hydrogen) atoms. The van der Waals surface area contributed by atoms with Crippen molar-refractivity contribution in [3.8, 4) is 6.07 Å². The van der Waals surface area contributed by atoms with Gasteiger partial charge in [0.25, 0.3) is 0 Å². The standard InChI is InChI=1S/C13H21NO/c1-5-11(8-14)13(15)7-10(2)6-12(3,4)9-13/h7,11,15H,5-6,9H2,1-4H3. The predicted octanol–water partition coefficient (Wildman–Crippen LogP) is 3.03. The maximum absolute atomic E-state index is 10.5. The van der Waals surface area contributed by atoms with Crippen molar-refractivity contribution in [2.24, 2.45) is 11.3 Å². The van der Waals surface area contributed by atoms with Crippen LogP contribution in [-0.4, -0.2) is 10.7 Å². The lowest BCUT2D eigenvalue weighted by Crippen LogP contribution is -2.42. The van der Waals surface area contributed by atoms with Gasteiger partial charge in [0.05, 0.1) is 17.6 Å². The number of hydrogen-bond donors (Lipinski definition) is 1. The van der Waals surface area contributed by atoms with Crippen molar-refractivity contribution >= 4 is 0 Å². The lowest BCUT2D eigenvalue weighted by molar-refractivity contribution is -0.00241. The minimum Gasteiger partial charge on any atom is -0.384 e. The van der Waals surface area contributed by atoms with E-state index in [0.717, 1.165) is 6.42 Å². The van der Waals surface area contributed by atoms with Crippen LogP contribution in [0.3, 0.4) is 0 Å². The highest BCUT2D eigenvalue weighted by Crippen LogP contribution is 2.43. The van der Waals surface area contributed by atoms with Crippen LogP contribution in [0.2, 0.25) is 0 Å². The van der Waals surface area contributed by atoms with Crippen molar-refractivity contribution in [2.75, 3.05) is 0 Å². The third-order valence-corrected chi connectivity index (χ3v) is 3.18. The van der Waals surface area contributed by atoms with Gasteiger partial charge < -0.3 is 5.11 Å². The highest BCUT2D eigenvalue weighted by Gasteiger charge is 2.42. The summed E-state index contributed by atoms with van der Waals surface area (Å²) in [5.41, 5.74) is 0.371. The molecule has 1 N–H and O–H groups in total. The molecule has 1 rings (SSSR count). The fraction of sp³-hybridized carbons (Fsp3) is 0.769. The summed E-state index contributed by atoms with van der Waals surface area (Å²) >= 11 is 0. The van der Waals surface area contributed by atoms with Gasteiger partial charge in [0.2, 0.25) is 0 Å². The lowest BCUT2D eigenvalue weighted by atomic mass is 9.66. The second-order valence-corrected chi connectivity index (χ2v) is 5.59. The van der Waals surface area contributed by atoms with Gasteiger partial charge in [-0.05, 0) is 31.6 Å². The Balaban J connectivity index is 3.03. The topological polar surface area (TPSA) is 44.0 Å². The zero-order chi connectivity index (χ0) is 11.7. The smallest absolute Gasteiger partial charge is 0.0992 e. The quantitative estimate of drug-likeness (QED) is 0.707. The largest absolute Gasteiger partial charge is 0.384 e. The van der Waals surface area contributed by atoms with E-state index in [1.807, 2.05) is 19.9 Å². The SMILES string of the molecule is CCC(C#N)C1(O)C=C(C)CC(C)(C)C1. The van der Waals surface area contributed by atoms with Crippen molar-refractivity contribution < 1.29 is 5.11 Å². The fourth-order valence-corrected chi connectivity index (χ4v) is 2.89. The first kappa shape index (κ1) is 12.3. The van der Waals surface area contributed by atoms with E-state index >= 15 is 0 Å². The van der Waals surface area contributed by atoms with E-state index in [9.17, 15) is 5.11 Å². The Morgan fingerprint density at radius 1 is 1.60 bits per heavy atom. The molecule has 0 radical (unpaired) electrons. The molecule has 0 fully saturated rings. The molecule has 0 spiro atoms. The van der Waals surface area contributed by atoms with E-state index in [4.69, 9.17) is 5.26 Å². The maximum Gasteiger partial charge on any atom is 0.0992 e. The number of hydrogen-bond acceptors (Lipinski definition) is 2. The van der Waals surface area contributed by atoms with Gasteiger partial charge in [-0.25, -0.2) is 0 Å². The Labute approximate surface area is 92.6 Å². The minimum absolute atomic E-state index is 0.0951. The van der Waals surface area contributed by atoms with E-state index in [1.54, 1.807) is 0 Å². The van der Waals surface area contributed by atoms with Crippen LogP contribution in [0.1, 0.15) is 47.0 Å². The summed E-state index contributed by atoms with van der Waals surface area (Å²) in [4.78, 5) is 0. The zero-order valence-electron chi connectivity index (χ0n) is 10.2. The molecule has 0 aromatic heterocycles. The fourth-order valence-electron chi connectivity index (χ4n) is 2.89. The molecule has 0 amide bonds. The number of allylic oxidation sites excluding steroid dienone is 1. The summed E-state index contributed by atoms with van der Waals surface area (Å²) in [6, 6.07) is 2.23.